The number of hydrogen-bond acceptors (Lipinski definition) is 2. The second-order valence-electron chi connectivity index (χ2n) is 5.11. The van der Waals surface area contributed by atoms with Crippen LogP contribution >= 0.6 is 0 Å². The van der Waals surface area contributed by atoms with Gasteiger partial charge in [-0.2, -0.15) is 0 Å². The van der Waals surface area contributed by atoms with Gasteiger partial charge in [0.2, 0.25) is 0 Å². The second kappa shape index (κ2) is 5.37. The molecule has 0 bridgehead atoms. The monoisotopic (exact) mass is 268 g/mol. The molecule has 1 aliphatic carbocycles. The predicted molar refractivity (Wildman–Crippen MR) is 76.3 cm³/mol. The van der Waals surface area contributed by atoms with Gasteiger partial charge in [-0.15, -0.1) is 0 Å². The van der Waals surface area contributed by atoms with Crippen LogP contribution in [0.25, 0.3) is 0 Å². The standard InChI is InChI=1S/C17H16O3/c18-17(19)11-13-7-6-12-10-15(8-9-16(12)13)20-14-4-2-1-3-5-14/h1-5,8-10,13H,6-7,11H2,(H,18,19)/t13-/m0/s1. The van der Waals surface area contributed by atoms with E-state index in [9.17, 15) is 4.79 Å². The molecule has 0 saturated heterocycles. The van der Waals surface area contributed by atoms with Crippen LogP contribution in [0, 0.1) is 0 Å². The van der Waals surface area contributed by atoms with Crippen molar-refractivity contribution in [3.05, 3.63) is 59.7 Å². The van der Waals surface area contributed by atoms with Gasteiger partial charge < -0.3 is 9.84 Å². The van der Waals surface area contributed by atoms with E-state index in [4.69, 9.17) is 9.84 Å². The van der Waals surface area contributed by atoms with E-state index in [2.05, 4.69) is 0 Å². The topological polar surface area (TPSA) is 46.5 Å². The molecule has 3 nitrogen and oxygen atoms in total. The van der Waals surface area contributed by atoms with Gasteiger partial charge in [-0.1, -0.05) is 24.3 Å². The normalized spacial score (nSPS) is 16.7. The Morgan fingerprint density at radius 3 is 2.70 bits per heavy atom. The minimum atomic E-state index is -0.729. The smallest absolute Gasteiger partial charge is 0.303 e. The van der Waals surface area contributed by atoms with Crippen LogP contribution in [-0.2, 0) is 11.2 Å². The fourth-order valence-electron chi connectivity index (χ4n) is 2.79. The van der Waals surface area contributed by atoms with Crippen molar-refractivity contribution >= 4 is 5.97 Å². The first-order valence-electron chi connectivity index (χ1n) is 6.80. The number of hydrogen-bond donors (Lipinski definition) is 1. The zero-order valence-electron chi connectivity index (χ0n) is 11.1. The zero-order valence-corrected chi connectivity index (χ0v) is 11.1. The Morgan fingerprint density at radius 2 is 1.95 bits per heavy atom. The molecular weight excluding hydrogens is 252 g/mol. The van der Waals surface area contributed by atoms with E-state index < -0.39 is 5.97 Å². The molecule has 0 saturated carbocycles. The van der Waals surface area contributed by atoms with Gasteiger partial charge in [0.05, 0.1) is 6.42 Å². The first kappa shape index (κ1) is 12.7. The van der Waals surface area contributed by atoms with Crippen LogP contribution in [-0.4, -0.2) is 11.1 Å². The highest BCUT2D eigenvalue weighted by Crippen LogP contribution is 2.37. The number of para-hydroxylation sites is 1. The van der Waals surface area contributed by atoms with E-state index in [1.165, 1.54) is 5.56 Å². The van der Waals surface area contributed by atoms with Gasteiger partial charge in [0, 0.05) is 0 Å². The molecule has 1 N–H and O–H groups in total. The summed E-state index contributed by atoms with van der Waals surface area (Å²) in [7, 11) is 0. The average Bonchev–Trinajstić information content (AvgIpc) is 2.82. The van der Waals surface area contributed by atoms with Crippen LogP contribution in [0.2, 0.25) is 0 Å². The van der Waals surface area contributed by atoms with Crippen molar-refractivity contribution < 1.29 is 14.6 Å². The lowest BCUT2D eigenvalue weighted by Gasteiger charge is -2.10. The van der Waals surface area contributed by atoms with Crippen LogP contribution in [0.1, 0.15) is 29.9 Å². The highest BCUT2D eigenvalue weighted by molar-refractivity contribution is 5.68. The molecule has 2 aromatic rings. The Hall–Kier alpha value is -2.29. The molecule has 20 heavy (non-hydrogen) atoms. The molecule has 2 aromatic carbocycles. The maximum Gasteiger partial charge on any atom is 0.303 e. The van der Waals surface area contributed by atoms with E-state index in [0.717, 1.165) is 29.9 Å². The minimum Gasteiger partial charge on any atom is -0.481 e. The lowest BCUT2D eigenvalue weighted by Crippen LogP contribution is -2.02. The van der Waals surface area contributed by atoms with Gasteiger partial charge in [0.1, 0.15) is 11.5 Å². The number of aliphatic carboxylic acids is 1. The van der Waals surface area contributed by atoms with Crippen LogP contribution in [0.3, 0.4) is 0 Å². The lowest BCUT2D eigenvalue weighted by molar-refractivity contribution is -0.137. The Morgan fingerprint density at radius 1 is 1.15 bits per heavy atom. The summed E-state index contributed by atoms with van der Waals surface area (Å²) in [5.41, 5.74) is 2.37. The quantitative estimate of drug-likeness (QED) is 0.912. The summed E-state index contributed by atoms with van der Waals surface area (Å²) in [6.07, 6.45) is 2.06. The van der Waals surface area contributed by atoms with E-state index in [1.54, 1.807) is 0 Å². The predicted octanol–water partition coefficient (Wildman–Crippen LogP) is 3.98. The molecule has 0 amide bonds. The highest BCUT2D eigenvalue weighted by atomic mass is 16.5. The van der Waals surface area contributed by atoms with Crippen molar-refractivity contribution in [2.45, 2.75) is 25.2 Å². The molecule has 1 aliphatic rings. The van der Waals surface area contributed by atoms with Crippen LogP contribution < -0.4 is 4.74 Å². The van der Waals surface area contributed by atoms with Gasteiger partial charge in [-0.3, -0.25) is 4.79 Å². The van der Waals surface area contributed by atoms with E-state index in [-0.39, 0.29) is 12.3 Å². The molecule has 3 rings (SSSR count). The minimum absolute atomic E-state index is 0.147. The first-order chi connectivity index (χ1) is 9.72. The lowest BCUT2D eigenvalue weighted by atomic mass is 9.98. The molecule has 0 unspecified atom stereocenters. The van der Waals surface area contributed by atoms with E-state index in [0.29, 0.717) is 0 Å². The summed E-state index contributed by atoms with van der Waals surface area (Å²) in [6.45, 7) is 0. The van der Waals surface area contributed by atoms with Gasteiger partial charge in [0.15, 0.2) is 0 Å². The first-order valence-corrected chi connectivity index (χ1v) is 6.80. The summed E-state index contributed by atoms with van der Waals surface area (Å²) < 4.78 is 5.80. The zero-order chi connectivity index (χ0) is 13.9. The SMILES string of the molecule is O=C(O)C[C@@H]1CCc2cc(Oc3ccccc3)ccc21. The largest absolute Gasteiger partial charge is 0.481 e. The second-order valence-corrected chi connectivity index (χ2v) is 5.11. The third-order valence-corrected chi connectivity index (χ3v) is 3.72. The molecule has 1 atom stereocenters. The van der Waals surface area contributed by atoms with Crippen LogP contribution in [0.5, 0.6) is 11.5 Å². The fraction of sp³-hybridized carbons (Fsp3) is 0.235. The summed E-state index contributed by atoms with van der Waals surface area (Å²) in [4.78, 5) is 10.8. The maximum absolute atomic E-state index is 10.8. The molecule has 0 spiro atoms. The summed E-state index contributed by atoms with van der Waals surface area (Å²) in [5, 5.41) is 8.92. The number of ether oxygens (including phenoxy) is 1. The maximum atomic E-state index is 10.8. The van der Waals surface area contributed by atoms with Gasteiger partial charge in [0.25, 0.3) is 0 Å². The number of rotatable bonds is 4. The fourth-order valence-corrected chi connectivity index (χ4v) is 2.79. The number of benzene rings is 2. The Bertz CT molecular complexity index is 619. The van der Waals surface area contributed by atoms with Crippen molar-refractivity contribution in [1.29, 1.82) is 0 Å². The number of aryl methyl sites for hydroxylation is 1. The number of carbonyl (C=O) groups is 1. The average molecular weight is 268 g/mol. The summed E-state index contributed by atoms with van der Waals surface area (Å²) in [5.74, 6) is 1.04. The van der Waals surface area contributed by atoms with Crippen molar-refractivity contribution in [3.8, 4) is 11.5 Å². The third kappa shape index (κ3) is 2.67. The van der Waals surface area contributed by atoms with Gasteiger partial charge >= 0.3 is 5.97 Å². The molecule has 3 heteroatoms. The van der Waals surface area contributed by atoms with Gasteiger partial charge in [-0.25, -0.2) is 0 Å². The summed E-state index contributed by atoms with van der Waals surface area (Å²) in [6, 6.07) is 15.6. The number of carboxylic acid groups (broad SMARTS) is 1. The molecule has 0 aliphatic heterocycles. The van der Waals surface area contributed by atoms with Crippen molar-refractivity contribution in [2.75, 3.05) is 0 Å². The van der Waals surface area contributed by atoms with Crippen molar-refractivity contribution in [2.24, 2.45) is 0 Å². The van der Waals surface area contributed by atoms with E-state index in [1.807, 2.05) is 48.5 Å². The molecule has 0 radical (unpaired) electrons. The summed E-state index contributed by atoms with van der Waals surface area (Å²) >= 11 is 0. The Kier molecular flexibility index (Phi) is 3.42. The Labute approximate surface area is 117 Å². The third-order valence-electron chi connectivity index (χ3n) is 3.72. The number of carboxylic acids is 1. The molecule has 0 fully saturated rings. The van der Waals surface area contributed by atoms with Crippen LogP contribution in [0.15, 0.2) is 48.5 Å². The van der Waals surface area contributed by atoms with Crippen LogP contribution in [0.4, 0.5) is 0 Å². The Balaban J connectivity index is 1.79. The molecule has 102 valence electrons. The molecule has 0 aromatic heterocycles. The highest BCUT2D eigenvalue weighted by Gasteiger charge is 2.24. The molecule has 0 heterocycles. The van der Waals surface area contributed by atoms with Crippen molar-refractivity contribution in [1.82, 2.24) is 0 Å². The molecular formula is C17H16O3. The van der Waals surface area contributed by atoms with E-state index >= 15 is 0 Å². The van der Waals surface area contributed by atoms with Crippen molar-refractivity contribution in [3.63, 3.8) is 0 Å². The number of fused-ring (bicyclic) bond motifs is 1. The van der Waals surface area contributed by atoms with Gasteiger partial charge in [-0.05, 0) is 54.2 Å².